The molecule has 92 valence electrons. The van der Waals surface area contributed by atoms with Gasteiger partial charge < -0.3 is 5.11 Å². The van der Waals surface area contributed by atoms with Crippen LogP contribution in [-0.2, 0) is 0 Å². The molecule has 1 aromatic heterocycles. The van der Waals surface area contributed by atoms with Gasteiger partial charge in [-0.15, -0.1) is 0 Å². The fourth-order valence-electron chi connectivity index (χ4n) is 1.54. The average Bonchev–Trinajstić information content (AvgIpc) is 2.38. The number of carbonyl (C=O) groups excluding carboxylic acids is 1. The number of phenolic OH excluding ortho intramolecular Hbond substituents is 1. The fourth-order valence-corrected chi connectivity index (χ4v) is 1.54. The zero-order valence-corrected chi connectivity index (χ0v) is 9.18. The fraction of sp³-hybridized carbons (Fsp3) is 0.0769. The topological polar surface area (TPSA) is 50.2 Å². The number of aromatic nitrogens is 1. The summed E-state index contributed by atoms with van der Waals surface area (Å²) in [5.74, 6) is -0.884. The van der Waals surface area contributed by atoms with Crippen LogP contribution in [0, 0.1) is 0 Å². The second-order valence-electron chi connectivity index (χ2n) is 3.64. The van der Waals surface area contributed by atoms with E-state index in [9.17, 15) is 18.7 Å². The quantitative estimate of drug-likeness (QED) is 0.851. The van der Waals surface area contributed by atoms with Gasteiger partial charge in [0.05, 0.1) is 5.56 Å². The Kier molecular flexibility index (Phi) is 3.32. The molecule has 0 radical (unpaired) electrons. The summed E-state index contributed by atoms with van der Waals surface area (Å²) in [6.45, 7) is 0. The molecule has 18 heavy (non-hydrogen) atoms. The van der Waals surface area contributed by atoms with Gasteiger partial charge >= 0.3 is 0 Å². The monoisotopic (exact) mass is 249 g/mol. The number of pyridine rings is 1. The second-order valence-corrected chi connectivity index (χ2v) is 3.64. The van der Waals surface area contributed by atoms with Crippen LogP contribution < -0.4 is 0 Å². The number of alkyl halides is 2. The molecule has 0 saturated heterocycles. The summed E-state index contributed by atoms with van der Waals surface area (Å²) in [6, 6.07) is 6.20. The number of hydrogen-bond donors (Lipinski definition) is 1. The summed E-state index contributed by atoms with van der Waals surface area (Å²) in [4.78, 5) is 15.7. The van der Waals surface area contributed by atoms with Crippen LogP contribution in [0.1, 0.15) is 27.9 Å². The first-order chi connectivity index (χ1) is 8.59. The maximum atomic E-state index is 12.4. The van der Waals surface area contributed by atoms with Crippen molar-refractivity contribution in [1.29, 1.82) is 0 Å². The average molecular weight is 249 g/mol. The molecule has 0 atom stereocenters. The summed E-state index contributed by atoms with van der Waals surface area (Å²) in [6.07, 6.45) is 0.205. The molecule has 0 aliphatic carbocycles. The van der Waals surface area contributed by atoms with Crippen LogP contribution in [0.4, 0.5) is 8.78 Å². The molecule has 1 heterocycles. The third kappa shape index (κ3) is 2.34. The Morgan fingerprint density at radius 1 is 1.17 bits per heavy atom. The first kappa shape index (κ1) is 12.2. The highest BCUT2D eigenvalue weighted by atomic mass is 19.3. The van der Waals surface area contributed by atoms with E-state index in [4.69, 9.17) is 0 Å². The van der Waals surface area contributed by atoms with E-state index in [0.29, 0.717) is 5.56 Å². The van der Waals surface area contributed by atoms with Crippen LogP contribution in [0.3, 0.4) is 0 Å². The van der Waals surface area contributed by atoms with Crippen molar-refractivity contribution in [3.63, 3.8) is 0 Å². The van der Waals surface area contributed by atoms with Crippen molar-refractivity contribution in [2.45, 2.75) is 6.43 Å². The molecule has 5 heteroatoms. The highest BCUT2D eigenvalue weighted by Gasteiger charge is 2.16. The molecule has 0 saturated carbocycles. The molecule has 0 aliphatic rings. The van der Waals surface area contributed by atoms with Crippen LogP contribution in [0.5, 0.6) is 5.75 Å². The van der Waals surface area contributed by atoms with E-state index < -0.39 is 18.0 Å². The third-order valence-corrected chi connectivity index (χ3v) is 2.46. The van der Waals surface area contributed by atoms with E-state index in [1.165, 1.54) is 30.6 Å². The van der Waals surface area contributed by atoms with Crippen LogP contribution in [0.2, 0.25) is 0 Å². The van der Waals surface area contributed by atoms with Crippen molar-refractivity contribution in [3.05, 3.63) is 59.4 Å². The van der Waals surface area contributed by atoms with E-state index in [1.54, 1.807) is 0 Å². The predicted molar refractivity (Wildman–Crippen MR) is 60.7 cm³/mol. The van der Waals surface area contributed by atoms with E-state index in [-0.39, 0.29) is 11.1 Å². The van der Waals surface area contributed by atoms with Crippen LogP contribution in [0.25, 0.3) is 0 Å². The molecule has 2 rings (SSSR count). The van der Waals surface area contributed by atoms with Gasteiger partial charge in [0.15, 0.2) is 5.78 Å². The SMILES string of the molecule is O=C(c1ccncc1)c1ccc(C(F)F)cc1O. The normalized spacial score (nSPS) is 10.6. The van der Waals surface area contributed by atoms with Gasteiger partial charge in [0, 0.05) is 23.5 Å². The van der Waals surface area contributed by atoms with Crippen molar-refractivity contribution >= 4 is 5.78 Å². The lowest BCUT2D eigenvalue weighted by Gasteiger charge is -2.06. The Labute approximate surface area is 102 Å². The highest BCUT2D eigenvalue weighted by molar-refractivity contribution is 6.10. The van der Waals surface area contributed by atoms with Crippen molar-refractivity contribution in [2.24, 2.45) is 0 Å². The highest BCUT2D eigenvalue weighted by Crippen LogP contribution is 2.27. The van der Waals surface area contributed by atoms with Gasteiger partial charge in [-0.1, -0.05) is 6.07 Å². The van der Waals surface area contributed by atoms with E-state index >= 15 is 0 Å². The van der Waals surface area contributed by atoms with Crippen molar-refractivity contribution in [1.82, 2.24) is 4.98 Å². The number of benzene rings is 1. The Balaban J connectivity index is 2.38. The van der Waals surface area contributed by atoms with Crippen molar-refractivity contribution < 1.29 is 18.7 Å². The summed E-state index contributed by atoms with van der Waals surface area (Å²) in [5, 5.41) is 9.60. The van der Waals surface area contributed by atoms with E-state index in [1.807, 2.05) is 0 Å². The van der Waals surface area contributed by atoms with Gasteiger partial charge in [0.25, 0.3) is 6.43 Å². The number of rotatable bonds is 3. The maximum Gasteiger partial charge on any atom is 0.263 e. The molecule has 0 fully saturated rings. The van der Waals surface area contributed by atoms with Crippen LogP contribution in [-0.4, -0.2) is 15.9 Å². The smallest absolute Gasteiger partial charge is 0.263 e. The third-order valence-electron chi connectivity index (χ3n) is 2.46. The molecule has 2 aromatic rings. The van der Waals surface area contributed by atoms with Crippen LogP contribution in [0.15, 0.2) is 42.7 Å². The largest absolute Gasteiger partial charge is 0.507 e. The van der Waals surface area contributed by atoms with Gasteiger partial charge in [-0.05, 0) is 24.3 Å². The number of ketones is 1. The minimum Gasteiger partial charge on any atom is -0.507 e. The first-order valence-corrected chi connectivity index (χ1v) is 5.15. The predicted octanol–water partition coefficient (Wildman–Crippen LogP) is 2.96. The number of phenols is 1. The zero-order valence-electron chi connectivity index (χ0n) is 9.18. The molecular weight excluding hydrogens is 240 g/mol. The number of nitrogens with zero attached hydrogens (tertiary/aromatic N) is 1. The van der Waals surface area contributed by atoms with E-state index in [0.717, 1.165) is 12.1 Å². The number of halogens is 2. The lowest BCUT2D eigenvalue weighted by Crippen LogP contribution is -2.02. The molecule has 0 bridgehead atoms. The summed E-state index contributed by atoms with van der Waals surface area (Å²) < 4.78 is 24.8. The zero-order chi connectivity index (χ0) is 13.1. The second kappa shape index (κ2) is 4.91. The van der Waals surface area contributed by atoms with Gasteiger partial charge in [0.2, 0.25) is 0 Å². The van der Waals surface area contributed by atoms with Crippen molar-refractivity contribution in [3.8, 4) is 5.75 Å². The molecule has 0 aliphatic heterocycles. The van der Waals surface area contributed by atoms with Gasteiger partial charge in [0.1, 0.15) is 5.75 Å². The number of hydrogen-bond acceptors (Lipinski definition) is 3. The molecular formula is C13H9F2NO2. The molecule has 0 unspecified atom stereocenters. The standard InChI is InChI=1S/C13H9F2NO2/c14-13(15)9-1-2-10(11(17)7-9)12(18)8-3-5-16-6-4-8/h1-7,13,17H. The minimum absolute atomic E-state index is 0.00870. The van der Waals surface area contributed by atoms with Crippen LogP contribution >= 0.6 is 0 Å². The first-order valence-electron chi connectivity index (χ1n) is 5.15. The number of aromatic hydroxyl groups is 1. The van der Waals surface area contributed by atoms with Gasteiger partial charge in [-0.2, -0.15) is 0 Å². The minimum atomic E-state index is -2.68. The van der Waals surface area contributed by atoms with Gasteiger partial charge in [-0.25, -0.2) is 8.78 Å². The Hall–Kier alpha value is -2.30. The Morgan fingerprint density at radius 2 is 1.83 bits per heavy atom. The van der Waals surface area contributed by atoms with Gasteiger partial charge in [-0.3, -0.25) is 9.78 Å². The summed E-state index contributed by atoms with van der Waals surface area (Å²) >= 11 is 0. The lowest BCUT2D eigenvalue weighted by molar-refractivity contribution is 0.103. The Morgan fingerprint density at radius 3 is 2.39 bits per heavy atom. The maximum absolute atomic E-state index is 12.4. The molecule has 0 spiro atoms. The molecule has 1 N–H and O–H groups in total. The summed E-state index contributed by atoms with van der Waals surface area (Å²) in [5.41, 5.74) is 0.00877. The van der Waals surface area contributed by atoms with E-state index in [2.05, 4.69) is 4.98 Å². The lowest BCUT2D eigenvalue weighted by atomic mass is 10.0. The van der Waals surface area contributed by atoms with Crippen molar-refractivity contribution in [2.75, 3.05) is 0 Å². The molecule has 1 aromatic carbocycles. The summed E-state index contributed by atoms with van der Waals surface area (Å²) in [7, 11) is 0. The Bertz CT molecular complexity index is 570. The molecule has 0 amide bonds. The number of carbonyl (C=O) groups is 1. The molecule has 3 nitrogen and oxygen atoms in total.